The van der Waals surface area contributed by atoms with Gasteiger partial charge in [-0.25, -0.2) is 4.79 Å². The SMILES string of the molecule is CCOC(OCC)[C@H](C)N(Cc1cccc2cccnc12)C(=O)[C@H](C)N(C(=O)OC)C1c2ccccc2-c2ccccc21. The molecule has 1 aliphatic carbocycles. The van der Waals surface area contributed by atoms with E-state index in [2.05, 4.69) is 4.98 Å². The Morgan fingerprint density at radius 2 is 1.44 bits per heavy atom. The van der Waals surface area contributed by atoms with Gasteiger partial charge in [0.25, 0.3) is 0 Å². The van der Waals surface area contributed by atoms with Gasteiger partial charge < -0.3 is 19.1 Å². The number of rotatable bonds is 11. The molecule has 1 heterocycles. The van der Waals surface area contributed by atoms with Crippen molar-refractivity contribution < 1.29 is 23.8 Å². The largest absolute Gasteiger partial charge is 0.453 e. The molecular formula is C35H39N3O5. The molecule has 0 bridgehead atoms. The molecule has 0 unspecified atom stereocenters. The lowest BCUT2D eigenvalue weighted by atomic mass is 10.0. The first-order chi connectivity index (χ1) is 20.9. The molecule has 0 spiro atoms. The zero-order valence-electron chi connectivity index (χ0n) is 25.4. The van der Waals surface area contributed by atoms with Gasteiger partial charge in [-0.15, -0.1) is 0 Å². The van der Waals surface area contributed by atoms with Gasteiger partial charge in [0.1, 0.15) is 6.04 Å². The summed E-state index contributed by atoms with van der Waals surface area (Å²) < 4.78 is 17.3. The highest BCUT2D eigenvalue weighted by molar-refractivity contribution is 5.89. The van der Waals surface area contributed by atoms with E-state index in [4.69, 9.17) is 14.2 Å². The quantitative estimate of drug-likeness (QED) is 0.186. The standard InChI is InChI=1S/C35H39N3O5/c1-6-42-34(43-7-2)24(4)37(22-26-15-12-14-25-16-13-21-36-31(25)26)33(39)23(3)38(35(40)41-5)32-29-19-10-8-17-27(29)28-18-9-11-20-30(28)32/h8-21,23-24,32,34H,6-7,22H2,1-5H3/t23-,24-/m0/s1. The maximum absolute atomic E-state index is 14.7. The van der Waals surface area contributed by atoms with E-state index in [0.29, 0.717) is 13.2 Å². The zero-order chi connectivity index (χ0) is 30.5. The van der Waals surface area contributed by atoms with Crippen LogP contribution in [0.5, 0.6) is 0 Å². The summed E-state index contributed by atoms with van der Waals surface area (Å²) in [5.74, 6) is -0.253. The first kappa shape index (κ1) is 30.2. The molecule has 43 heavy (non-hydrogen) atoms. The fourth-order valence-electron chi connectivity index (χ4n) is 6.08. The number of amides is 2. The maximum Gasteiger partial charge on any atom is 0.410 e. The van der Waals surface area contributed by atoms with E-state index >= 15 is 0 Å². The number of methoxy groups -OCH3 is 1. The lowest BCUT2D eigenvalue weighted by Gasteiger charge is -2.40. The second-order valence-electron chi connectivity index (χ2n) is 10.6. The first-order valence-corrected chi connectivity index (χ1v) is 14.8. The van der Waals surface area contributed by atoms with E-state index in [1.807, 2.05) is 99.6 Å². The molecule has 3 aromatic carbocycles. The van der Waals surface area contributed by atoms with Crippen molar-refractivity contribution in [3.63, 3.8) is 0 Å². The van der Waals surface area contributed by atoms with Gasteiger partial charge in [0.15, 0.2) is 6.29 Å². The molecule has 5 rings (SSSR count). The van der Waals surface area contributed by atoms with Gasteiger partial charge in [0.05, 0.1) is 24.7 Å². The highest BCUT2D eigenvalue weighted by Crippen LogP contribution is 2.47. The Morgan fingerprint density at radius 3 is 2.05 bits per heavy atom. The van der Waals surface area contributed by atoms with Crippen molar-refractivity contribution >= 4 is 22.9 Å². The number of fused-ring (bicyclic) bond motifs is 4. The van der Waals surface area contributed by atoms with Crippen molar-refractivity contribution in [2.24, 2.45) is 0 Å². The van der Waals surface area contributed by atoms with Crippen molar-refractivity contribution in [3.8, 4) is 11.1 Å². The van der Waals surface area contributed by atoms with Gasteiger partial charge in [-0.05, 0) is 61.6 Å². The van der Waals surface area contributed by atoms with E-state index in [1.165, 1.54) is 7.11 Å². The molecule has 0 radical (unpaired) electrons. The summed E-state index contributed by atoms with van der Waals surface area (Å²) in [7, 11) is 1.35. The van der Waals surface area contributed by atoms with Gasteiger partial charge in [0.2, 0.25) is 5.91 Å². The Labute approximate surface area is 253 Å². The Kier molecular flexibility index (Phi) is 9.38. The normalized spacial score (nSPS) is 13.8. The number of aromatic nitrogens is 1. The second kappa shape index (κ2) is 13.4. The number of carbonyl (C=O) groups excluding carboxylic acids is 2. The Morgan fingerprint density at radius 1 is 0.837 bits per heavy atom. The van der Waals surface area contributed by atoms with E-state index < -0.39 is 30.5 Å². The second-order valence-corrected chi connectivity index (χ2v) is 10.6. The molecule has 0 fully saturated rings. The van der Waals surface area contributed by atoms with Crippen molar-refractivity contribution in [2.45, 2.75) is 58.7 Å². The average Bonchev–Trinajstić information content (AvgIpc) is 3.37. The number of benzene rings is 3. The van der Waals surface area contributed by atoms with E-state index in [-0.39, 0.29) is 12.5 Å². The van der Waals surface area contributed by atoms with Crippen LogP contribution in [0.15, 0.2) is 85.1 Å². The highest BCUT2D eigenvalue weighted by Gasteiger charge is 2.43. The smallest absolute Gasteiger partial charge is 0.410 e. The summed E-state index contributed by atoms with van der Waals surface area (Å²) in [6, 6.07) is 24.0. The molecule has 0 saturated carbocycles. The molecule has 0 saturated heterocycles. The highest BCUT2D eigenvalue weighted by atomic mass is 16.7. The number of hydrogen-bond acceptors (Lipinski definition) is 6. The Bertz CT molecular complexity index is 1530. The van der Waals surface area contributed by atoms with Crippen LogP contribution in [0.4, 0.5) is 4.79 Å². The summed E-state index contributed by atoms with van der Waals surface area (Å²) in [5, 5.41) is 0.981. The molecular weight excluding hydrogens is 542 g/mol. The third-order valence-corrected chi connectivity index (χ3v) is 8.13. The average molecular weight is 582 g/mol. The Balaban J connectivity index is 1.58. The van der Waals surface area contributed by atoms with Crippen LogP contribution in [0.25, 0.3) is 22.0 Å². The van der Waals surface area contributed by atoms with E-state index in [9.17, 15) is 9.59 Å². The van der Waals surface area contributed by atoms with Crippen LogP contribution in [0.3, 0.4) is 0 Å². The minimum absolute atomic E-state index is 0.252. The van der Waals surface area contributed by atoms with Crippen LogP contribution in [0, 0.1) is 0 Å². The first-order valence-electron chi connectivity index (χ1n) is 14.8. The molecule has 2 amide bonds. The fraction of sp³-hybridized carbons (Fsp3) is 0.343. The molecule has 8 nitrogen and oxygen atoms in total. The number of pyridine rings is 1. The van der Waals surface area contributed by atoms with E-state index in [0.717, 1.165) is 38.7 Å². The molecule has 4 aromatic rings. The van der Waals surface area contributed by atoms with Crippen molar-refractivity contribution in [2.75, 3.05) is 20.3 Å². The molecule has 1 aliphatic rings. The number of ether oxygens (including phenoxy) is 3. The summed E-state index contributed by atoms with van der Waals surface area (Å²) in [6.07, 6.45) is 0.512. The third kappa shape index (κ3) is 5.85. The van der Waals surface area contributed by atoms with E-state index in [1.54, 1.807) is 22.9 Å². The molecule has 2 atom stereocenters. The monoisotopic (exact) mass is 581 g/mol. The minimum atomic E-state index is -0.883. The molecule has 0 N–H and O–H groups in total. The summed E-state index contributed by atoms with van der Waals surface area (Å²) in [5.41, 5.74) is 5.68. The molecule has 0 aliphatic heterocycles. The van der Waals surface area contributed by atoms with Crippen LogP contribution >= 0.6 is 0 Å². The fourth-order valence-corrected chi connectivity index (χ4v) is 6.08. The minimum Gasteiger partial charge on any atom is -0.453 e. The third-order valence-electron chi connectivity index (χ3n) is 8.13. The number of nitrogens with zero attached hydrogens (tertiary/aromatic N) is 3. The van der Waals surface area contributed by atoms with Crippen LogP contribution in [-0.4, -0.2) is 65.5 Å². The summed E-state index contributed by atoms with van der Waals surface area (Å²) in [6.45, 7) is 8.58. The van der Waals surface area contributed by atoms with Crippen molar-refractivity contribution in [1.29, 1.82) is 0 Å². The van der Waals surface area contributed by atoms with Crippen molar-refractivity contribution in [3.05, 3.63) is 102 Å². The lowest BCUT2D eigenvalue weighted by Crippen LogP contribution is -2.55. The van der Waals surface area contributed by atoms with Gasteiger partial charge in [-0.1, -0.05) is 72.8 Å². The molecule has 1 aromatic heterocycles. The topological polar surface area (TPSA) is 81.2 Å². The zero-order valence-corrected chi connectivity index (χ0v) is 25.4. The van der Waals surface area contributed by atoms with Crippen LogP contribution < -0.4 is 0 Å². The van der Waals surface area contributed by atoms with Crippen LogP contribution in [0.2, 0.25) is 0 Å². The van der Waals surface area contributed by atoms with Gasteiger partial charge in [0, 0.05) is 31.3 Å². The maximum atomic E-state index is 14.7. The van der Waals surface area contributed by atoms with Gasteiger partial charge in [-0.3, -0.25) is 14.7 Å². The number of para-hydroxylation sites is 1. The Hall–Kier alpha value is -4.27. The predicted molar refractivity (Wildman–Crippen MR) is 166 cm³/mol. The number of hydrogen-bond donors (Lipinski definition) is 0. The summed E-state index contributed by atoms with van der Waals surface area (Å²) in [4.78, 5) is 36.3. The van der Waals surface area contributed by atoms with Crippen molar-refractivity contribution in [1.82, 2.24) is 14.8 Å². The molecule has 224 valence electrons. The van der Waals surface area contributed by atoms with Gasteiger partial charge >= 0.3 is 6.09 Å². The van der Waals surface area contributed by atoms with Crippen LogP contribution in [0.1, 0.15) is 50.4 Å². The van der Waals surface area contributed by atoms with Gasteiger partial charge in [-0.2, -0.15) is 0 Å². The predicted octanol–water partition coefficient (Wildman–Crippen LogP) is 6.58. The molecule has 8 heteroatoms. The summed E-state index contributed by atoms with van der Waals surface area (Å²) >= 11 is 0. The van der Waals surface area contributed by atoms with Crippen LogP contribution in [-0.2, 0) is 25.5 Å². The number of carbonyl (C=O) groups is 2. The lowest BCUT2D eigenvalue weighted by molar-refractivity contribution is -0.180.